The molecule has 0 bridgehead atoms. The number of hydrogen-bond donors (Lipinski definition) is 1. The van der Waals surface area contributed by atoms with E-state index in [1.54, 1.807) is 0 Å². The van der Waals surface area contributed by atoms with Crippen LogP contribution >= 0.6 is 34.8 Å². The quantitative estimate of drug-likeness (QED) is 0.318. The van der Waals surface area contributed by atoms with Crippen LogP contribution in [-0.4, -0.2) is 9.97 Å². The molecular formula is C15H5Cl3F6N2. The Morgan fingerprint density at radius 3 is 1.88 bits per heavy atom. The molecule has 26 heavy (non-hydrogen) atoms. The number of halogens is 9. The number of nitrogens with one attached hydrogen (secondary N) is 1. The highest BCUT2D eigenvalue weighted by Crippen LogP contribution is 2.41. The van der Waals surface area contributed by atoms with Gasteiger partial charge in [-0.25, -0.2) is 4.98 Å². The normalized spacial score (nSPS) is 12.8. The average Bonchev–Trinajstić information content (AvgIpc) is 2.93. The van der Waals surface area contributed by atoms with Crippen LogP contribution in [0.2, 0.25) is 15.1 Å². The Hall–Kier alpha value is -1.64. The predicted octanol–water partition coefficient (Wildman–Crippen LogP) is 7.23. The van der Waals surface area contributed by atoms with E-state index < -0.39 is 34.5 Å². The van der Waals surface area contributed by atoms with E-state index >= 15 is 0 Å². The topological polar surface area (TPSA) is 28.7 Å². The van der Waals surface area contributed by atoms with E-state index in [1.165, 1.54) is 12.1 Å². The first-order chi connectivity index (χ1) is 11.9. The zero-order chi connectivity index (χ0) is 19.4. The second-order valence-corrected chi connectivity index (χ2v) is 6.45. The van der Waals surface area contributed by atoms with Crippen LogP contribution in [0.25, 0.3) is 22.4 Å². The molecule has 1 heterocycles. The summed E-state index contributed by atoms with van der Waals surface area (Å²) in [6.45, 7) is 0. The molecule has 0 unspecified atom stereocenters. The van der Waals surface area contributed by atoms with Crippen LogP contribution in [0.5, 0.6) is 0 Å². The summed E-state index contributed by atoms with van der Waals surface area (Å²) in [6, 6.07) is 3.14. The van der Waals surface area contributed by atoms with Gasteiger partial charge in [-0.2, -0.15) is 26.3 Å². The first-order valence-corrected chi connectivity index (χ1v) is 7.84. The van der Waals surface area contributed by atoms with Gasteiger partial charge in [0.1, 0.15) is 11.3 Å². The molecule has 2 aromatic carbocycles. The van der Waals surface area contributed by atoms with Crippen LogP contribution in [0.4, 0.5) is 26.3 Å². The molecule has 0 aliphatic carbocycles. The third kappa shape index (κ3) is 3.45. The molecule has 3 rings (SSSR count). The third-order valence-corrected chi connectivity index (χ3v) is 4.67. The monoisotopic (exact) mass is 432 g/mol. The number of H-pyrrole nitrogens is 1. The molecule has 0 saturated carbocycles. The minimum Gasteiger partial charge on any atom is -0.338 e. The molecule has 0 radical (unpaired) electrons. The van der Waals surface area contributed by atoms with Gasteiger partial charge in [0.25, 0.3) is 0 Å². The van der Waals surface area contributed by atoms with Crippen molar-refractivity contribution >= 4 is 45.8 Å². The van der Waals surface area contributed by atoms with Gasteiger partial charge in [0.05, 0.1) is 31.7 Å². The molecule has 3 aromatic rings. The lowest BCUT2D eigenvalue weighted by molar-refractivity contribution is -0.142. The maximum atomic E-state index is 13.2. The van der Waals surface area contributed by atoms with Gasteiger partial charge in [-0.1, -0.05) is 34.8 Å². The first-order valence-electron chi connectivity index (χ1n) is 6.71. The number of alkyl halides is 6. The van der Waals surface area contributed by atoms with E-state index in [1.807, 2.05) is 0 Å². The van der Waals surface area contributed by atoms with Gasteiger partial charge in [-0.3, -0.25) is 0 Å². The molecule has 0 spiro atoms. The standard InChI is InChI=1S/C15H5Cl3F6N2/c16-8-1-5(2-9(17)11(8)18)13-25-10-4-6(14(19,20)21)3-7(12(10)26-13)15(22,23)24/h1-4H,(H,25,26). The van der Waals surface area contributed by atoms with Crippen LogP contribution in [-0.2, 0) is 12.4 Å². The molecule has 0 amide bonds. The van der Waals surface area contributed by atoms with E-state index in [0.29, 0.717) is 6.07 Å². The summed E-state index contributed by atoms with van der Waals surface area (Å²) in [5.74, 6) is -0.134. The van der Waals surface area contributed by atoms with Gasteiger partial charge in [0, 0.05) is 5.56 Å². The van der Waals surface area contributed by atoms with Crippen LogP contribution < -0.4 is 0 Å². The molecular weight excluding hydrogens is 429 g/mol. The smallest absolute Gasteiger partial charge is 0.338 e. The van der Waals surface area contributed by atoms with Gasteiger partial charge < -0.3 is 4.98 Å². The Morgan fingerprint density at radius 2 is 1.38 bits per heavy atom. The van der Waals surface area contributed by atoms with E-state index in [0.717, 1.165) is 0 Å². The van der Waals surface area contributed by atoms with Crippen molar-refractivity contribution in [2.75, 3.05) is 0 Å². The Labute approximate surface area is 156 Å². The van der Waals surface area contributed by atoms with Gasteiger partial charge in [-0.15, -0.1) is 0 Å². The van der Waals surface area contributed by atoms with Crippen molar-refractivity contribution in [2.24, 2.45) is 0 Å². The van der Waals surface area contributed by atoms with Gasteiger partial charge in [0.15, 0.2) is 0 Å². The maximum Gasteiger partial charge on any atom is 0.418 e. The number of imidazole rings is 1. The SMILES string of the molecule is FC(F)(F)c1cc(C(F)(F)F)c2nc(-c3cc(Cl)c(Cl)c(Cl)c3)[nH]c2c1. The van der Waals surface area contributed by atoms with Gasteiger partial charge >= 0.3 is 12.4 Å². The lowest BCUT2D eigenvalue weighted by Crippen LogP contribution is -2.11. The summed E-state index contributed by atoms with van der Waals surface area (Å²) in [5.41, 5.74) is -3.86. The molecule has 0 atom stereocenters. The Balaban J connectivity index is 2.29. The minimum atomic E-state index is -5.03. The predicted molar refractivity (Wildman–Crippen MR) is 86.6 cm³/mol. The van der Waals surface area contributed by atoms with Gasteiger partial charge in [0.2, 0.25) is 0 Å². The summed E-state index contributed by atoms with van der Waals surface area (Å²) in [6.07, 6.45) is -9.98. The molecule has 0 aliphatic heterocycles. The first kappa shape index (κ1) is 19.1. The molecule has 1 N–H and O–H groups in total. The Bertz CT molecular complexity index is 984. The van der Waals surface area contributed by atoms with Crippen molar-refractivity contribution in [3.05, 3.63) is 50.5 Å². The minimum absolute atomic E-state index is 0.0154. The van der Waals surface area contributed by atoms with E-state index in [2.05, 4.69) is 9.97 Å². The molecule has 0 saturated heterocycles. The second kappa shape index (κ2) is 6.21. The fourth-order valence-corrected chi connectivity index (χ4v) is 2.92. The van der Waals surface area contributed by atoms with Crippen molar-refractivity contribution in [2.45, 2.75) is 12.4 Å². The fraction of sp³-hybridized carbons (Fsp3) is 0.133. The highest BCUT2D eigenvalue weighted by atomic mass is 35.5. The number of fused-ring (bicyclic) bond motifs is 1. The summed E-state index contributed by atoms with van der Waals surface area (Å²) in [5, 5.41) is 0.0619. The third-order valence-electron chi connectivity index (χ3n) is 3.48. The molecule has 1 aromatic heterocycles. The summed E-state index contributed by atoms with van der Waals surface area (Å²) < 4.78 is 78.3. The summed E-state index contributed by atoms with van der Waals surface area (Å²) in [4.78, 5) is 6.22. The van der Waals surface area contributed by atoms with Crippen LogP contribution in [0, 0.1) is 0 Å². The van der Waals surface area contributed by atoms with Crippen molar-refractivity contribution in [1.29, 1.82) is 0 Å². The van der Waals surface area contributed by atoms with Crippen LogP contribution in [0.15, 0.2) is 24.3 Å². The maximum absolute atomic E-state index is 13.2. The van der Waals surface area contributed by atoms with Crippen molar-refractivity contribution in [3.63, 3.8) is 0 Å². The summed E-state index contributed by atoms with van der Waals surface area (Å²) in [7, 11) is 0. The summed E-state index contributed by atoms with van der Waals surface area (Å²) >= 11 is 17.5. The number of rotatable bonds is 1. The largest absolute Gasteiger partial charge is 0.418 e. The van der Waals surface area contributed by atoms with Crippen molar-refractivity contribution in [1.82, 2.24) is 9.97 Å². The molecule has 11 heteroatoms. The molecule has 2 nitrogen and oxygen atoms in total. The highest BCUT2D eigenvalue weighted by Gasteiger charge is 2.39. The number of hydrogen-bond acceptors (Lipinski definition) is 1. The molecule has 0 aliphatic rings. The highest BCUT2D eigenvalue weighted by molar-refractivity contribution is 6.48. The zero-order valence-corrected chi connectivity index (χ0v) is 14.4. The lowest BCUT2D eigenvalue weighted by Gasteiger charge is -2.11. The number of aromatic nitrogens is 2. The van der Waals surface area contributed by atoms with E-state index in [-0.39, 0.29) is 32.5 Å². The fourth-order valence-electron chi connectivity index (χ4n) is 2.33. The Kier molecular flexibility index (Phi) is 4.57. The van der Waals surface area contributed by atoms with Crippen LogP contribution in [0.3, 0.4) is 0 Å². The zero-order valence-electron chi connectivity index (χ0n) is 12.2. The van der Waals surface area contributed by atoms with E-state index in [4.69, 9.17) is 34.8 Å². The Morgan fingerprint density at radius 1 is 0.808 bits per heavy atom. The number of benzene rings is 2. The number of nitrogens with zero attached hydrogens (tertiary/aromatic N) is 1. The van der Waals surface area contributed by atoms with E-state index in [9.17, 15) is 26.3 Å². The van der Waals surface area contributed by atoms with Gasteiger partial charge in [-0.05, 0) is 24.3 Å². The molecule has 0 fully saturated rings. The van der Waals surface area contributed by atoms with Crippen molar-refractivity contribution in [3.8, 4) is 11.4 Å². The number of aromatic amines is 1. The molecule has 138 valence electrons. The van der Waals surface area contributed by atoms with Crippen molar-refractivity contribution < 1.29 is 26.3 Å². The average molecular weight is 434 g/mol. The van der Waals surface area contributed by atoms with Crippen LogP contribution in [0.1, 0.15) is 11.1 Å². The second-order valence-electron chi connectivity index (χ2n) is 5.25. The lowest BCUT2D eigenvalue weighted by atomic mass is 10.1.